The zero-order valence-electron chi connectivity index (χ0n) is 19.9. The van der Waals surface area contributed by atoms with Crippen molar-refractivity contribution < 1.29 is 9.31 Å². The summed E-state index contributed by atoms with van der Waals surface area (Å²) in [5.41, 5.74) is 5.41. The molecule has 4 aromatic rings. The Morgan fingerprint density at radius 3 is 1.88 bits per heavy atom. The predicted molar refractivity (Wildman–Crippen MR) is 142 cm³/mol. The lowest BCUT2D eigenvalue weighted by atomic mass is 9.73. The third-order valence-electron chi connectivity index (χ3n) is 7.64. The Labute approximate surface area is 204 Å². The monoisotopic (exact) mass is 473 g/mol. The van der Waals surface area contributed by atoms with Gasteiger partial charge in [-0.3, -0.25) is 0 Å². The summed E-state index contributed by atoms with van der Waals surface area (Å²) in [6.07, 6.45) is 0. The molecular weight excluding hydrogens is 445 g/mol. The van der Waals surface area contributed by atoms with Crippen molar-refractivity contribution in [3.63, 3.8) is 0 Å². The summed E-state index contributed by atoms with van der Waals surface area (Å²) in [4.78, 5) is 2.44. The van der Waals surface area contributed by atoms with E-state index in [9.17, 15) is 0 Å². The molecule has 3 nitrogen and oxygen atoms in total. The molecule has 0 saturated carbocycles. The molecule has 0 spiro atoms. The molecule has 2 aliphatic rings. The Hall–Kier alpha value is -2.12. The highest BCUT2D eigenvalue weighted by Gasteiger charge is 2.54. The van der Waals surface area contributed by atoms with E-state index in [-0.39, 0.29) is 16.6 Å². The molecule has 0 unspecified atom stereocenters. The van der Waals surface area contributed by atoms with Crippen LogP contribution in [0.15, 0.2) is 60.0 Å². The first kappa shape index (κ1) is 21.4. The van der Waals surface area contributed by atoms with E-state index in [1.54, 1.807) is 11.3 Å². The Bertz CT molecular complexity index is 1320. The standard InChI is InChI=1S/C27H28BNO2S2/c1-25(2)17-11-7-9-13-19(17)29(20-14-10-8-12-18(20)25)24-22(23-21(33-24)15-16-32-23)28-30-26(3,4)27(5,6)31-28/h7-16H,1-6H3. The number of para-hydroxylation sites is 2. The minimum atomic E-state index is -0.410. The molecule has 0 N–H and O–H groups in total. The van der Waals surface area contributed by atoms with Gasteiger partial charge >= 0.3 is 7.12 Å². The van der Waals surface area contributed by atoms with E-state index in [2.05, 4.69) is 106 Å². The van der Waals surface area contributed by atoms with Crippen LogP contribution in [-0.2, 0) is 14.7 Å². The molecule has 0 amide bonds. The second kappa shape index (κ2) is 6.95. The van der Waals surface area contributed by atoms with Gasteiger partial charge in [0.15, 0.2) is 0 Å². The zero-order chi connectivity index (χ0) is 23.2. The maximum absolute atomic E-state index is 6.60. The fourth-order valence-electron chi connectivity index (χ4n) is 5.05. The van der Waals surface area contributed by atoms with Crippen LogP contribution in [0.5, 0.6) is 0 Å². The van der Waals surface area contributed by atoms with Gasteiger partial charge < -0.3 is 14.2 Å². The summed E-state index contributed by atoms with van der Waals surface area (Å²) in [6, 6.07) is 19.8. The first-order chi connectivity index (χ1) is 15.6. The third-order valence-corrected chi connectivity index (χ3v) is 9.87. The summed E-state index contributed by atoms with van der Waals surface area (Å²) in [5.74, 6) is 0. The molecule has 2 aromatic heterocycles. The fourth-order valence-corrected chi connectivity index (χ4v) is 7.46. The SMILES string of the molecule is CC1(C)c2ccccc2N(c2sc3ccsc3c2B2OC(C)(C)C(C)(C)O2)c2ccccc21. The number of benzene rings is 2. The Morgan fingerprint density at radius 2 is 1.30 bits per heavy atom. The van der Waals surface area contributed by atoms with Gasteiger partial charge in [0.2, 0.25) is 0 Å². The normalized spacial score (nSPS) is 20.2. The maximum atomic E-state index is 6.60. The van der Waals surface area contributed by atoms with Crippen LogP contribution in [0.2, 0.25) is 0 Å². The first-order valence-electron chi connectivity index (χ1n) is 11.5. The molecule has 33 heavy (non-hydrogen) atoms. The molecule has 2 aromatic carbocycles. The predicted octanol–water partition coefficient (Wildman–Crippen LogP) is 7.37. The van der Waals surface area contributed by atoms with Gasteiger partial charge in [-0.15, -0.1) is 22.7 Å². The Balaban J connectivity index is 1.62. The summed E-state index contributed by atoms with van der Waals surface area (Å²) in [7, 11) is -0.410. The van der Waals surface area contributed by atoms with Crippen molar-refractivity contribution in [3.05, 3.63) is 71.1 Å². The first-order valence-corrected chi connectivity index (χ1v) is 13.2. The lowest BCUT2D eigenvalue weighted by Gasteiger charge is -2.41. The van der Waals surface area contributed by atoms with E-state index in [0.29, 0.717) is 0 Å². The van der Waals surface area contributed by atoms with Gasteiger partial charge in [-0.25, -0.2) is 0 Å². The van der Waals surface area contributed by atoms with Crippen LogP contribution in [0.25, 0.3) is 9.40 Å². The number of fused-ring (bicyclic) bond motifs is 3. The number of nitrogens with zero attached hydrogens (tertiary/aromatic N) is 1. The number of hydrogen-bond acceptors (Lipinski definition) is 5. The summed E-state index contributed by atoms with van der Waals surface area (Å²) in [6.45, 7) is 13.1. The van der Waals surface area contributed by atoms with Crippen molar-refractivity contribution >= 4 is 61.0 Å². The Kier molecular flexibility index (Phi) is 4.51. The smallest absolute Gasteiger partial charge is 0.399 e. The van der Waals surface area contributed by atoms with Gasteiger partial charge in [0.05, 0.1) is 22.6 Å². The van der Waals surface area contributed by atoms with Gasteiger partial charge in [-0.1, -0.05) is 50.2 Å². The molecule has 4 heterocycles. The minimum absolute atomic E-state index is 0.0805. The highest BCUT2D eigenvalue weighted by atomic mass is 32.1. The van der Waals surface area contributed by atoms with Crippen LogP contribution >= 0.6 is 22.7 Å². The lowest BCUT2D eigenvalue weighted by Crippen LogP contribution is -2.41. The molecule has 0 bridgehead atoms. The van der Waals surface area contributed by atoms with Crippen molar-refractivity contribution in [2.24, 2.45) is 0 Å². The summed E-state index contributed by atoms with van der Waals surface area (Å²) in [5, 5.41) is 3.35. The van der Waals surface area contributed by atoms with Crippen molar-refractivity contribution in [1.82, 2.24) is 0 Å². The van der Waals surface area contributed by atoms with E-state index in [1.165, 1.54) is 36.9 Å². The van der Waals surface area contributed by atoms with Crippen molar-refractivity contribution in [2.75, 3.05) is 4.90 Å². The van der Waals surface area contributed by atoms with E-state index < -0.39 is 7.12 Å². The van der Waals surface area contributed by atoms with E-state index in [4.69, 9.17) is 9.31 Å². The summed E-state index contributed by atoms with van der Waals surface area (Å²) < 4.78 is 15.7. The second-order valence-electron chi connectivity index (χ2n) is 10.5. The number of rotatable bonds is 2. The van der Waals surface area contributed by atoms with E-state index >= 15 is 0 Å². The Morgan fingerprint density at radius 1 is 0.758 bits per heavy atom. The molecule has 0 radical (unpaired) electrons. The number of thiophene rings is 2. The lowest BCUT2D eigenvalue weighted by molar-refractivity contribution is 0.00578. The molecule has 2 aliphatic heterocycles. The number of hydrogen-bond donors (Lipinski definition) is 0. The van der Waals surface area contributed by atoms with Crippen molar-refractivity contribution in [2.45, 2.75) is 58.2 Å². The van der Waals surface area contributed by atoms with Crippen LogP contribution in [0, 0.1) is 0 Å². The zero-order valence-corrected chi connectivity index (χ0v) is 21.6. The third kappa shape index (κ3) is 2.94. The molecule has 0 aliphatic carbocycles. The quantitative estimate of drug-likeness (QED) is 0.284. The minimum Gasteiger partial charge on any atom is -0.399 e. The van der Waals surface area contributed by atoms with Gasteiger partial charge in [0.1, 0.15) is 5.00 Å². The molecule has 168 valence electrons. The largest absolute Gasteiger partial charge is 0.499 e. The van der Waals surface area contributed by atoms with Crippen LogP contribution in [0.1, 0.15) is 52.7 Å². The second-order valence-corrected chi connectivity index (χ2v) is 12.5. The van der Waals surface area contributed by atoms with Gasteiger partial charge in [0, 0.05) is 20.3 Å². The average molecular weight is 473 g/mol. The van der Waals surface area contributed by atoms with Gasteiger partial charge in [-0.05, 0) is 62.4 Å². The fraction of sp³-hybridized carbons (Fsp3) is 0.333. The topological polar surface area (TPSA) is 21.7 Å². The van der Waals surface area contributed by atoms with Crippen LogP contribution < -0.4 is 10.4 Å². The highest BCUT2D eigenvalue weighted by molar-refractivity contribution is 7.31. The number of anilines is 3. The van der Waals surface area contributed by atoms with Crippen molar-refractivity contribution in [3.8, 4) is 0 Å². The average Bonchev–Trinajstić information content (AvgIpc) is 3.40. The molecular formula is C27H28BNO2S2. The molecule has 6 heteroatoms. The van der Waals surface area contributed by atoms with Crippen molar-refractivity contribution in [1.29, 1.82) is 0 Å². The van der Waals surface area contributed by atoms with Crippen LogP contribution in [0.4, 0.5) is 16.4 Å². The highest BCUT2D eigenvalue weighted by Crippen LogP contribution is 2.53. The maximum Gasteiger partial charge on any atom is 0.499 e. The van der Waals surface area contributed by atoms with E-state index in [1.807, 2.05) is 11.3 Å². The van der Waals surface area contributed by atoms with Gasteiger partial charge in [-0.2, -0.15) is 0 Å². The van der Waals surface area contributed by atoms with E-state index in [0.717, 1.165) is 5.46 Å². The molecule has 1 saturated heterocycles. The van der Waals surface area contributed by atoms with Crippen LogP contribution in [0.3, 0.4) is 0 Å². The molecule has 0 atom stereocenters. The summed E-state index contributed by atoms with van der Waals surface area (Å²) >= 11 is 3.60. The van der Waals surface area contributed by atoms with Gasteiger partial charge in [0.25, 0.3) is 0 Å². The molecule has 6 rings (SSSR count). The van der Waals surface area contributed by atoms with Crippen LogP contribution in [-0.4, -0.2) is 18.3 Å². The molecule has 1 fully saturated rings.